The van der Waals surface area contributed by atoms with E-state index in [0.717, 1.165) is 5.56 Å². The standard InChI is InChI=1S/C18H18N2O4/c1-12-6-2-3-7-14(12)20-18(22)17(21)19-10-13-11-23-15-8-4-5-9-16(15)24-13/h2-9,13H,10-11H2,1H3,(H,19,21)(H,20,22)/t13-/m1/s1. The predicted molar refractivity (Wildman–Crippen MR) is 89.2 cm³/mol. The van der Waals surface area contributed by atoms with Gasteiger partial charge in [-0.2, -0.15) is 0 Å². The van der Waals surface area contributed by atoms with Crippen LogP contribution in [-0.2, 0) is 9.59 Å². The molecular formula is C18H18N2O4. The van der Waals surface area contributed by atoms with Crippen LogP contribution < -0.4 is 20.1 Å². The van der Waals surface area contributed by atoms with E-state index in [1.54, 1.807) is 18.2 Å². The first kappa shape index (κ1) is 15.9. The van der Waals surface area contributed by atoms with E-state index in [1.807, 2.05) is 37.3 Å². The molecule has 0 radical (unpaired) electrons. The molecule has 0 saturated carbocycles. The summed E-state index contributed by atoms with van der Waals surface area (Å²) in [6, 6.07) is 14.6. The third-order valence-electron chi connectivity index (χ3n) is 3.66. The fourth-order valence-electron chi connectivity index (χ4n) is 2.34. The minimum Gasteiger partial charge on any atom is -0.486 e. The van der Waals surface area contributed by atoms with E-state index in [0.29, 0.717) is 23.8 Å². The van der Waals surface area contributed by atoms with Crippen molar-refractivity contribution < 1.29 is 19.1 Å². The fraction of sp³-hybridized carbons (Fsp3) is 0.222. The summed E-state index contributed by atoms with van der Waals surface area (Å²) in [6.07, 6.45) is -0.338. The van der Waals surface area contributed by atoms with E-state index in [-0.39, 0.29) is 12.6 Å². The SMILES string of the molecule is Cc1ccccc1NC(=O)C(=O)NC[C@@H]1COc2ccccc2O1. The Bertz CT molecular complexity index is 760. The van der Waals surface area contributed by atoms with E-state index in [1.165, 1.54) is 0 Å². The first-order valence-corrected chi connectivity index (χ1v) is 7.67. The fourth-order valence-corrected chi connectivity index (χ4v) is 2.34. The zero-order valence-corrected chi connectivity index (χ0v) is 13.2. The summed E-state index contributed by atoms with van der Waals surface area (Å²) in [5, 5.41) is 5.16. The van der Waals surface area contributed by atoms with Crippen molar-refractivity contribution in [2.45, 2.75) is 13.0 Å². The van der Waals surface area contributed by atoms with Crippen LogP contribution in [0.5, 0.6) is 11.5 Å². The normalized spacial score (nSPS) is 15.5. The number of ether oxygens (including phenoxy) is 2. The van der Waals surface area contributed by atoms with Crippen LogP contribution in [0, 0.1) is 6.92 Å². The van der Waals surface area contributed by atoms with Gasteiger partial charge in [0.15, 0.2) is 11.5 Å². The van der Waals surface area contributed by atoms with Crippen LogP contribution >= 0.6 is 0 Å². The summed E-state index contributed by atoms with van der Waals surface area (Å²) >= 11 is 0. The number of hydrogen-bond donors (Lipinski definition) is 2. The van der Waals surface area contributed by atoms with Crippen LogP contribution in [0.1, 0.15) is 5.56 Å². The van der Waals surface area contributed by atoms with Gasteiger partial charge < -0.3 is 20.1 Å². The smallest absolute Gasteiger partial charge is 0.313 e. The average Bonchev–Trinajstić information content (AvgIpc) is 2.61. The number of fused-ring (bicyclic) bond motifs is 1. The maximum absolute atomic E-state index is 11.9. The maximum Gasteiger partial charge on any atom is 0.313 e. The van der Waals surface area contributed by atoms with Gasteiger partial charge in [-0.15, -0.1) is 0 Å². The Balaban J connectivity index is 1.51. The summed E-state index contributed by atoms with van der Waals surface area (Å²) in [7, 11) is 0. The van der Waals surface area contributed by atoms with E-state index in [9.17, 15) is 9.59 Å². The lowest BCUT2D eigenvalue weighted by Gasteiger charge is -2.26. The Hall–Kier alpha value is -3.02. The molecule has 0 saturated heterocycles. The molecule has 1 atom stereocenters. The van der Waals surface area contributed by atoms with Gasteiger partial charge in [0.05, 0.1) is 6.54 Å². The largest absolute Gasteiger partial charge is 0.486 e. The highest BCUT2D eigenvalue weighted by molar-refractivity contribution is 6.39. The Kier molecular flexibility index (Phi) is 4.65. The Morgan fingerprint density at radius 2 is 1.75 bits per heavy atom. The molecule has 1 heterocycles. The molecule has 6 nitrogen and oxygen atoms in total. The molecule has 6 heteroatoms. The lowest BCUT2D eigenvalue weighted by atomic mass is 10.2. The summed E-state index contributed by atoms with van der Waals surface area (Å²) in [6.45, 7) is 2.36. The molecule has 3 rings (SSSR count). The summed E-state index contributed by atoms with van der Waals surface area (Å²) in [4.78, 5) is 23.9. The van der Waals surface area contributed by atoms with Gasteiger partial charge in [0, 0.05) is 5.69 Å². The third kappa shape index (κ3) is 3.65. The van der Waals surface area contributed by atoms with E-state index < -0.39 is 11.8 Å². The van der Waals surface area contributed by atoms with Crippen molar-refractivity contribution >= 4 is 17.5 Å². The highest BCUT2D eigenvalue weighted by Crippen LogP contribution is 2.30. The van der Waals surface area contributed by atoms with Crippen LogP contribution in [0.15, 0.2) is 48.5 Å². The molecule has 0 aromatic heterocycles. The number of anilines is 1. The van der Waals surface area contributed by atoms with Gasteiger partial charge in [-0.3, -0.25) is 9.59 Å². The quantitative estimate of drug-likeness (QED) is 0.845. The Morgan fingerprint density at radius 1 is 1.04 bits per heavy atom. The van der Waals surface area contributed by atoms with Gasteiger partial charge in [-0.05, 0) is 30.7 Å². The van der Waals surface area contributed by atoms with Gasteiger partial charge in [0.25, 0.3) is 0 Å². The number of carbonyl (C=O) groups is 2. The van der Waals surface area contributed by atoms with Gasteiger partial charge in [-0.25, -0.2) is 0 Å². The number of nitrogens with one attached hydrogen (secondary N) is 2. The predicted octanol–water partition coefficient (Wildman–Crippen LogP) is 1.89. The first-order chi connectivity index (χ1) is 11.6. The average molecular weight is 326 g/mol. The van der Waals surface area contributed by atoms with Crippen molar-refractivity contribution in [2.24, 2.45) is 0 Å². The Morgan fingerprint density at radius 3 is 2.54 bits per heavy atom. The Labute approximate surface area is 139 Å². The van der Waals surface area contributed by atoms with Crippen LogP contribution in [0.25, 0.3) is 0 Å². The number of aryl methyl sites for hydroxylation is 1. The van der Waals surface area contributed by atoms with Crippen LogP contribution in [0.4, 0.5) is 5.69 Å². The molecule has 2 aromatic carbocycles. The molecular weight excluding hydrogens is 308 g/mol. The molecule has 124 valence electrons. The number of carbonyl (C=O) groups excluding carboxylic acids is 2. The van der Waals surface area contributed by atoms with Gasteiger partial charge >= 0.3 is 11.8 Å². The van der Waals surface area contributed by atoms with Crippen molar-refractivity contribution in [1.29, 1.82) is 0 Å². The highest BCUT2D eigenvalue weighted by atomic mass is 16.6. The topological polar surface area (TPSA) is 76.7 Å². The lowest BCUT2D eigenvalue weighted by molar-refractivity contribution is -0.136. The second kappa shape index (κ2) is 7.04. The van der Waals surface area contributed by atoms with Crippen LogP contribution in [0.3, 0.4) is 0 Å². The zero-order chi connectivity index (χ0) is 16.9. The number of benzene rings is 2. The number of amides is 2. The molecule has 24 heavy (non-hydrogen) atoms. The monoisotopic (exact) mass is 326 g/mol. The first-order valence-electron chi connectivity index (χ1n) is 7.67. The molecule has 0 aliphatic carbocycles. The van der Waals surface area contributed by atoms with E-state index >= 15 is 0 Å². The van der Waals surface area contributed by atoms with Crippen molar-refractivity contribution in [1.82, 2.24) is 5.32 Å². The second-order valence-electron chi connectivity index (χ2n) is 5.48. The minimum atomic E-state index is -0.708. The summed E-state index contributed by atoms with van der Waals surface area (Å²) in [5.74, 6) is -0.105. The molecule has 0 fully saturated rings. The highest BCUT2D eigenvalue weighted by Gasteiger charge is 2.22. The molecule has 1 aliphatic heterocycles. The van der Waals surface area contributed by atoms with Crippen LogP contribution in [0.2, 0.25) is 0 Å². The summed E-state index contributed by atoms with van der Waals surface area (Å²) in [5.41, 5.74) is 1.50. The van der Waals surface area contributed by atoms with Crippen molar-refractivity contribution in [3.8, 4) is 11.5 Å². The number of rotatable bonds is 3. The molecule has 1 aliphatic rings. The van der Waals surface area contributed by atoms with Gasteiger partial charge in [-0.1, -0.05) is 30.3 Å². The lowest BCUT2D eigenvalue weighted by Crippen LogP contribution is -2.44. The van der Waals surface area contributed by atoms with E-state index in [2.05, 4.69) is 10.6 Å². The van der Waals surface area contributed by atoms with Crippen molar-refractivity contribution in [3.63, 3.8) is 0 Å². The molecule has 0 unspecified atom stereocenters. The molecule has 0 spiro atoms. The second-order valence-corrected chi connectivity index (χ2v) is 5.48. The molecule has 2 amide bonds. The zero-order valence-electron chi connectivity index (χ0n) is 13.2. The maximum atomic E-state index is 11.9. The third-order valence-corrected chi connectivity index (χ3v) is 3.66. The molecule has 0 bridgehead atoms. The molecule has 2 aromatic rings. The van der Waals surface area contributed by atoms with Gasteiger partial charge in [0.2, 0.25) is 0 Å². The van der Waals surface area contributed by atoms with Gasteiger partial charge in [0.1, 0.15) is 12.7 Å². The van der Waals surface area contributed by atoms with E-state index in [4.69, 9.17) is 9.47 Å². The van der Waals surface area contributed by atoms with Crippen molar-refractivity contribution in [2.75, 3.05) is 18.5 Å². The van der Waals surface area contributed by atoms with Crippen LogP contribution in [-0.4, -0.2) is 31.1 Å². The number of hydrogen-bond acceptors (Lipinski definition) is 4. The van der Waals surface area contributed by atoms with Crippen molar-refractivity contribution in [3.05, 3.63) is 54.1 Å². The minimum absolute atomic E-state index is 0.189. The molecule has 2 N–H and O–H groups in total. The number of para-hydroxylation sites is 3. The summed E-state index contributed by atoms with van der Waals surface area (Å²) < 4.78 is 11.3.